The lowest BCUT2D eigenvalue weighted by atomic mass is 10.1. The molecule has 2 N–H and O–H groups in total. The molecule has 0 fully saturated rings. The molecule has 2 aromatic heterocycles. The average Bonchev–Trinajstić information content (AvgIpc) is 3.16. The Hall–Kier alpha value is -1.49. The van der Waals surface area contributed by atoms with Gasteiger partial charge in [-0.15, -0.1) is 22.7 Å². The van der Waals surface area contributed by atoms with Gasteiger partial charge in [0.05, 0.1) is 10.7 Å². The summed E-state index contributed by atoms with van der Waals surface area (Å²) < 4.78 is 0. The molecule has 108 valence electrons. The lowest BCUT2D eigenvalue weighted by molar-refractivity contribution is 0.724. The van der Waals surface area contributed by atoms with Crippen LogP contribution in [0.1, 0.15) is 28.4 Å². The van der Waals surface area contributed by atoms with Gasteiger partial charge in [0.25, 0.3) is 0 Å². The van der Waals surface area contributed by atoms with Crippen molar-refractivity contribution in [2.75, 3.05) is 0 Å². The third-order valence-electron chi connectivity index (χ3n) is 3.51. The lowest BCUT2D eigenvalue weighted by Crippen LogP contribution is -2.13. The minimum absolute atomic E-state index is 0.0507. The Kier molecular flexibility index (Phi) is 4.48. The third-order valence-corrected chi connectivity index (χ3v) is 5.48. The zero-order valence-corrected chi connectivity index (χ0v) is 13.6. The largest absolute Gasteiger partial charge is 0.323 e. The number of thiophene rings is 1. The summed E-state index contributed by atoms with van der Waals surface area (Å²) in [5.41, 5.74) is 9.95. The fourth-order valence-corrected chi connectivity index (χ4v) is 4.26. The fraction of sp³-hybridized carbons (Fsp3) is 0.235. The van der Waals surface area contributed by atoms with E-state index in [4.69, 9.17) is 10.7 Å². The molecule has 0 radical (unpaired) electrons. The van der Waals surface area contributed by atoms with E-state index in [2.05, 4.69) is 35.9 Å². The van der Waals surface area contributed by atoms with Gasteiger partial charge in [-0.05, 0) is 23.4 Å². The summed E-state index contributed by atoms with van der Waals surface area (Å²) in [6.45, 7) is 2.18. The molecule has 1 unspecified atom stereocenters. The van der Waals surface area contributed by atoms with Gasteiger partial charge >= 0.3 is 0 Å². The van der Waals surface area contributed by atoms with Crippen molar-refractivity contribution in [3.63, 3.8) is 0 Å². The first-order valence-corrected chi connectivity index (χ1v) is 8.85. The molecule has 1 atom stereocenters. The van der Waals surface area contributed by atoms with E-state index < -0.39 is 0 Å². The van der Waals surface area contributed by atoms with Crippen molar-refractivity contribution in [1.82, 2.24) is 4.98 Å². The van der Waals surface area contributed by atoms with Crippen LogP contribution in [-0.2, 0) is 12.8 Å². The van der Waals surface area contributed by atoms with E-state index in [0.29, 0.717) is 0 Å². The van der Waals surface area contributed by atoms with Crippen molar-refractivity contribution in [2.24, 2.45) is 5.73 Å². The van der Waals surface area contributed by atoms with Crippen molar-refractivity contribution in [3.8, 4) is 11.3 Å². The molecule has 0 saturated heterocycles. The molecule has 0 amide bonds. The van der Waals surface area contributed by atoms with Gasteiger partial charge in [-0.25, -0.2) is 4.98 Å². The summed E-state index contributed by atoms with van der Waals surface area (Å²) in [6, 6.07) is 12.5. The van der Waals surface area contributed by atoms with Crippen LogP contribution in [0, 0.1) is 0 Å². The standard InChI is InChI=1S/C17H18N2S2/c1-2-12-8-9-20-17(12)14(18)10-16-19-15(11-21-16)13-6-4-3-5-7-13/h3-9,11,14H,2,10,18H2,1H3. The normalized spacial score (nSPS) is 12.5. The second kappa shape index (κ2) is 6.52. The van der Waals surface area contributed by atoms with Gasteiger partial charge in [-0.3, -0.25) is 0 Å². The van der Waals surface area contributed by atoms with Crippen LogP contribution in [0.3, 0.4) is 0 Å². The van der Waals surface area contributed by atoms with Crippen molar-refractivity contribution in [3.05, 3.63) is 62.6 Å². The first-order valence-electron chi connectivity index (χ1n) is 7.09. The van der Waals surface area contributed by atoms with E-state index in [1.165, 1.54) is 16.0 Å². The van der Waals surface area contributed by atoms with Gasteiger partial charge < -0.3 is 5.73 Å². The van der Waals surface area contributed by atoms with Crippen molar-refractivity contribution in [2.45, 2.75) is 25.8 Å². The summed E-state index contributed by atoms with van der Waals surface area (Å²) in [4.78, 5) is 6.03. The minimum Gasteiger partial charge on any atom is -0.323 e. The number of hydrogen-bond donors (Lipinski definition) is 1. The van der Waals surface area contributed by atoms with Crippen LogP contribution in [0.5, 0.6) is 0 Å². The molecule has 4 heteroatoms. The van der Waals surface area contributed by atoms with Gasteiger partial charge in [0.1, 0.15) is 0 Å². The number of aromatic nitrogens is 1. The summed E-state index contributed by atoms with van der Waals surface area (Å²) in [5, 5.41) is 5.36. The van der Waals surface area contributed by atoms with Crippen LogP contribution in [-0.4, -0.2) is 4.98 Å². The number of thiazole rings is 1. The van der Waals surface area contributed by atoms with Gasteiger partial charge in [0, 0.05) is 28.3 Å². The summed E-state index contributed by atoms with van der Waals surface area (Å²) in [6.07, 6.45) is 1.85. The van der Waals surface area contributed by atoms with E-state index in [0.717, 1.165) is 23.5 Å². The molecule has 0 aliphatic heterocycles. The number of benzene rings is 1. The van der Waals surface area contributed by atoms with Crippen molar-refractivity contribution in [1.29, 1.82) is 0 Å². The Morgan fingerprint density at radius 1 is 1.14 bits per heavy atom. The third kappa shape index (κ3) is 3.23. The molecule has 0 aliphatic rings. The highest BCUT2D eigenvalue weighted by Crippen LogP contribution is 2.28. The molecule has 2 nitrogen and oxygen atoms in total. The molecule has 3 rings (SSSR count). The molecule has 0 saturated carbocycles. The first kappa shape index (κ1) is 14.4. The maximum absolute atomic E-state index is 6.37. The fourth-order valence-electron chi connectivity index (χ4n) is 2.39. The Labute approximate surface area is 133 Å². The Bertz CT molecular complexity index is 700. The molecule has 0 bridgehead atoms. The summed E-state index contributed by atoms with van der Waals surface area (Å²) >= 11 is 3.45. The molecule has 2 heterocycles. The number of nitrogens with two attached hydrogens (primary N) is 1. The lowest BCUT2D eigenvalue weighted by Gasteiger charge is -2.10. The molecule has 1 aromatic carbocycles. The zero-order valence-electron chi connectivity index (χ0n) is 12.0. The van der Waals surface area contributed by atoms with Crippen molar-refractivity contribution >= 4 is 22.7 Å². The van der Waals surface area contributed by atoms with E-state index in [1.54, 1.807) is 22.7 Å². The Balaban J connectivity index is 1.76. The number of hydrogen-bond acceptors (Lipinski definition) is 4. The van der Waals surface area contributed by atoms with Crippen LogP contribution >= 0.6 is 22.7 Å². The monoisotopic (exact) mass is 314 g/mol. The van der Waals surface area contributed by atoms with Gasteiger partial charge in [0.2, 0.25) is 0 Å². The topological polar surface area (TPSA) is 38.9 Å². The SMILES string of the molecule is CCc1ccsc1C(N)Cc1nc(-c2ccccc2)cs1. The molecule has 3 aromatic rings. The maximum Gasteiger partial charge on any atom is 0.0951 e. The second-order valence-electron chi connectivity index (χ2n) is 4.97. The Morgan fingerprint density at radius 3 is 2.71 bits per heavy atom. The van der Waals surface area contributed by atoms with Crippen LogP contribution in [0.4, 0.5) is 0 Å². The quantitative estimate of drug-likeness (QED) is 0.743. The van der Waals surface area contributed by atoms with E-state index in [9.17, 15) is 0 Å². The van der Waals surface area contributed by atoms with Crippen LogP contribution < -0.4 is 5.73 Å². The average molecular weight is 314 g/mol. The van der Waals surface area contributed by atoms with Crippen LogP contribution in [0.15, 0.2) is 47.2 Å². The predicted octanol–water partition coefficient (Wildman–Crippen LogP) is 4.68. The maximum atomic E-state index is 6.37. The van der Waals surface area contributed by atoms with Gasteiger partial charge in [0.15, 0.2) is 0 Å². The summed E-state index contributed by atoms with van der Waals surface area (Å²) in [7, 11) is 0. The smallest absolute Gasteiger partial charge is 0.0951 e. The highest BCUT2D eigenvalue weighted by Gasteiger charge is 2.14. The predicted molar refractivity (Wildman–Crippen MR) is 91.9 cm³/mol. The van der Waals surface area contributed by atoms with Crippen LogP contribution in [0.25, 0.3) is 11.3 Å². The van der Waals surface area contributed by atoms with Gasteiger partial charge in [-0.2, -0.15) is 0 Å². The van der Waals surface area contributed by atoms with E-state index in [-0.39, 0.29) is 6.04 Å². The highest BCUT2D eigenvalue weighted by atomic mass is 32.1. The number of rotatable bonds is 5. The minimum atomic E-state index is 0.0507. The Morgan fingerprint density at radius 2 is 1.95 bits per heavy atom. The molecule has 0 spiro atoms. The van der Waals surface area contributed by atoms with Crippen LogP contribution in [0.2, 0.25) is 0 Å². The number of nitrogens with zero attached hydrogens (tertiary/aromatic N) is 1. The molecular formula is C17H18N2S2. The van der Waals surface area contributed by atoms with E-state index >= 15 is 0 Å². The van der Waals surface area contributed by atoms with Gasteiger partial charge in [-0.1, -0.05) is 37.3 Å². The second-order valence-corrected chi connectivity index (χ2v) is 6.86. The van der Waals surface area contributed by atoms with Crippen molar-refractivity contribution < 1.29 is 0 Å². The first-order chi connectivity index (χ1) is 10.3. The van der Waals surface area contributed by atoms with E-state index in [1.807, 2.05) is 18.2 Å². The number of aryl methyl sites for hydroxylation is 1. The zero-order chi connectivity index (χ0) is 14.7. The molecule has 21 heavy (non-hydrogen) atoms. The molecular weight excluding hydrogens is 296 g/mol. The molecule has 0 aliphatic carbocycles. The summed E-state index contributed by atoms with van der Waals surface area (Å²) in [5.74, 6) is 0. The highest BCUT2D eigenvalue weighted by molar-refractivity contribution is 7.10.